The second-order valence-corrected chi connectivity index (χ2v) is 8.92. The van der Waals surface area contributed by atoms with Crippen LogP contribution in [0.15, 0.2) is 53.4 Å². The van der Waals surface area contributed by atoms with Crippen LogP contribution in [0.4, 0.5) is 10.1 Å². The first-order valence-corrected chi connectivity index (χ1v) is 10.6. The number of nitrogens with one attached hydrogen (secondary N) is 1. The highest BCUT2D eigenvalue weighted by molar-refractivity contribution is 7.89. The minimum Gasteiger partial charge on any atom is -0.325 e. The number of halogens is 1. The predicted octanol–water partition coefficient (Wildman–Crippen LogP) is 2.68. The molecule has 1 N–H and O–H groups in total. The van der Waals surface area contributed by atoms with Gasteiger partial charge in [-0.2, -0.15) is 4.31 Å². The van der Waals surface area contributed by atoms with E-state index < -0.39 is 10.0 Å². The van der Waals surface area contributed by atoms with E-state index in [9.17, 15) is 17.6 Å². The van der Waals surface area contributed by atoms with Crippen LogP contribution in [0.1, 0.15) is 18.4 Å². The molecule has 0 radical (unpaired) electrons. The molecular weight excluding hydrogens is 381 g/mol. The van der Waals surface area contributed by atoms with Crippen molar-refractivity contribution in [1.82, 2.24) is 9.21 Å². The third-order valence-corrected chi connectivity index (χ3v) is 6.49. The molecule has 150 valence electrons. The number of hydrogen-bond acceptors (Lipinski definition) is 4. The summed E-state index contributed by atoms with van der Waals surface area (Å²) < 4.78 is 39.8. The molecule has 3 rings (SSSR count). The van der Waals surface area contributed by atoms with Crippen LogP contribution in [0, 0.1) is 5.82 Å². The molecule has 1 amide bonds. The van der Waals surface area contributed by atoms with Gasteiger partial charge in [0.2, 0.25) is 15.9 Å². The first-order chi connectivity index (χ1) is 13.3. The summed E-state index contributed by atoms with van der Waals surface area (Å²) in [6.07, 6.45) is 1.74. The third kappa shape index (κ3) is 5.15. The van der Waals surface area contributed by atoms with Crippen molar-refractivity contribution in [2.45, 2.75) is 24.3 Å². The van der Waals surface area contributed by atoms with E-state index in [-0.39, 0.29) is 23.2 Å². The van der Waals surface area contributed by atoms with Gasteiger partial charge in [0.25, 0.3) is 0 Å². The lowest BCUT2D eigenvalue weighted by atomic mass is 10.2. The number of likely N-dealkylation sites (N-methyl/N-ethyl adjacent to an activating group) is 1. The molecule has 1 aliphatic heterocycles. The summed E-state index contributed by atoms with van der Waals surface area (Å²) in [5, 5.41) is 2.75. The minimum atomic E-state index is -3.52. The van der Waals surface area contributed by atoms with E-state index >= 15 is 0 Å². The second kappa shape index (κ2) is 8.81. The van der Waals surface area contributed by atoms with Gasteiger partial charge in [-0.25, -0.2) is 12.8 Å². The molecule has 28 heavy (non-hydrogen) atoms. The normalized spacial score (nSPS) is 15.1. The van der Waals surface area contributed by atoms with Crippen molar-refractivity contribution in [3.05, 3.63) is 59.9 Å². The molecule has 0 atom stereocenters. The van der Waals surface area contributed by atoms with Crippen molar-refractivity contribution in [2.24, 2.45) is 0 Å². The molecule has 1 aliphatic rings. The molecule has 8 heteroatoms. The fourth-order valence-corrected chi connectivity index (χ4v) is 4.78. The molecule has 6 nitrogen and oxygen atoms in total. The Balaban J connectivity index is 1.60. The molecular formula is C20H24FN3O3S. The molecule has 0 aliphatic carbocycles. The standard InChI is InChI=1S/C20H24FN3O3S/c1-23(14-16-7-9-17(21)10-8-16)15-20(25)22-18-5-4-6-19(13-18)28(26,27)24-11-2-3-12-24/h4-10,13H,2-3,11-12,14-15H2,1H3,(H,22,25). The van der Waals surface area contributed by atoms with Crippen LogP contribution < -0.4 is 5.32 Å². The van der Waals surface area contributed by atoms with Crippen molar-refractivity contribution in [1.29, 1.82) is 0 Å². The lowest BCUT2D eigenvalue weighted by molar-refractivity contribution is -0.117. The van der Waals surface area contributed by atoms with Crippen LogP contribution in [0.2, 0.25) is 0 Å². The van der Waals surface area contributed by atoms with Crippen LogP contribution in [-0.2, 0) is 21.4 Å². The van der Waals surface area contributed by atoms with Crippen LogP contribution >= 0.6 is 0 Å². The Hall–Kier alpha value is -2.29. The highest BCUT2D eigenvalue weighted by Crippen LogP contribution is 2.23. The second-order valence-electron chi connectivity index (χ2n) is 6.99. The molecule has 1 saturated heterocycles. The molecule has 2 aromatic carbocycles. The van der Waals surface area contributed by atoms with Crippen LogP contribution in [-0.4, -0.2) is 50.2 Å². The molecule has 0 bridgehead atoms. The van der Waals surface area contributed by atoms with Gasteiger partial charge in [-0.05, 0) is 55.8 Å². The van der Waals surface area contributed by atoms with E-state index in [1.165, 1.54) is 22.5 Å². The van der Waals surface area contributed by atoms with Gasteiger partial charge >= 0.3 is 0 Å². The molecule has 1 heterocycles. The Labute approximate surface area is 165 Å². The van der Waals surface area contributed by atoms with Crippen LogP contribution in [0.3, 0.4) is 0 Å². The first-order valence-electron chi connectivity index (χ1n) is 9.18. The fraction of sp³-hybridized carbons (Fsp3) is 0.350. The maximum absolute atomic E-state index is 13.0. The summed E-state index contributed by atoms with van der Waals surface area (Å²) in [5.74, 6) is -0.548. The van der Waals surface area contributed by atoms with Gasteiger partial charge in [-0.1, -0.05) is 18.2 Å². The molecule has 0 unspecified atom stereocenters. The summed E-state index contributed by atoms with van der Waals surface area (Å²) in [6, 6.07) is 12.5. The van der Waals surface area contributed by atoms with Gasteiger partial charge < -0.3 is 5.32 Å². The van der Waals surface area contributed by atoms with Crippen LogP contribution in [0.25, 0.3) is 0 Å². The number of rotatable bonds is 7. The Kier molecular flexibility index (Phi) is 6.43. The zero-order valence-corrected chi connectivity index (χ0v) is 16.6. The molecule has 0 saturated carbocycles. The van der Waals surface area contributed by atoms with E-state index in [1.54, 1.807) is 42.3 Å². The summed E-state index contributed by atoms with van der Waals surface area (Å²) in [5.41, 5.74) is 1.34. The SMILES string of the molecule is CN(CC(=O)Nc1cccc(S(=O)(=O)N2CCCC2)c1)Cc1ccc(F)cc1. The van der Waals surface area contributed by atoms with Gasteiger partial charge in [-0.15, -0.1) is 0 Å². The smallest absolute Gasteiger partial charge is 0.243 e. The molecule has 1 fully saturated rings. The lowest BCUT2D eigenvalue weighted by Gasteiger charge is -2.18. The first kappa shape index (κ1) is 20.4. The highest BCUT2D eigenvalue weighted by Gasteiger charge is 2.27. The number of amides is 1. The van der Waals surface area contributed by atoms with Gasteiger partial charge in [0.1, 0.15) is 5.82 Å². The Morgan fingerprint density at radius 3 is 2.50 bits per heavy atom. The minimum absolute atomic E-state index is 0.125. The molecule has 0 aromatic heterocycles. The van der Waals surface area contributed by atoms with Crippen molar-refractivity contribution < 1.29 is 17.6 Å². The zero-order chi connectivity index (χ0) is 20.1. The van der Waals surface area contributed by atoms with E-state index in [1.807, 2.05) is 0 Å². The lowest BCUT2D eigenvalue weighted by Crippen LogP contribution is -2.30. The average Bonchev–Trinajstić information content (AvgIpc) is 3.19. The number of anilines is 1. The Bertz CT molecular complexity index is 926. The zero-order valence-electron chi connectivity index (χ0n) is 15.8. The van der Waals surface area contributed by atoms with E-state index in [0.717, 1.165) is 18.4 Å². The summed E-state index contributed by atoms with van der Waals surface area (Å²) in [6.45, 7) is 1.69. The molecule has 0 spiro atoms. The third-order valence-electron chi connectivity index (χ3n) is 4.60. The topological polar surface area (TPSA) is 69.7 Å². The predicted molar refractivity (Wildman–Crippen MR) is 106 cm³/mol. The maximum atomic E-state index is 13.0. The van der Waals surface area contributed by atoms with Gasteiger partial charge in [0.05, 0.1) is 11.4 Å². The number of carbonyl (C=O) groups excluding carboxylic acids is 1. The number of sulfonamides is 1. The van der Waals surface area contributed by atoms with Crippen LogP contribution in [0.5, 0.6) is 0 Å². The van der Waals surface area contributed by atoms with Gasteiger partial charge in [0, 0.05) is 25.3 Å². The maximum Gasteiger partial charge on any atom is 0.243 e. The molecule has 2 aromatic rings. The Morgan fingerprint density at radius 2 is 1.82 bits per heavy atom. The summed E-state index contributed by atoms with van der Waals surface area (Å²) in [7, 11) is -1.73. The van der Waals surface area contributed by atoms with E-state index in [0.29, 0.717) is 25.3 Å². The monoisotopic (exact) mass is 405 g/mol. The van der Waals surface area contributed by atoms with Gasteiger partial charge in [-0.3, -0.25) is 9.69 Å². The number of benzene rings is 2. The fourth-order valence-electron chi connectivity index (χ4n) is 3.21. The summed E-state index contributed by atoms with van der Waals surface area (Å²) in [4.78, 5) is 14.3. The van der Waals surface area contributed by atoms with Crippen molar-refractivity contribution >= 4 is 21.6 Å². The summed E-state index contributed by atoms with van der Waals surface area (Å²) >= 11 is 0. The van der Waals surface area contributed by atoms with E-state index in [2.05, 4.69) is 5.32 Å². The number of carbonyl (C=O) groups is 1. The highest BCUT2D eigenvalue weighted by atomic mass is 32.2. The number of nitrogens with zero attached hydrogens (tertiary/aromatic N) is 2. The van der Waals surface area contributed by atoms with Crippen molar-refractivity contribution in [3.8, 4) is 0 Å². The van der Waals surface area contributed by atoms with Crippen molar-refractivity contribution in [2.75, 3.05) is 32.0 Å². The average molecular weight is 405 g/mol. The Morgan fingerprint density at radius 1 is 1.14 bits per heavy atom. The largest absolute Gasteiger partial charge is 0.325 e. The quantitative estimate of drug-likeness (QED) is 0.769. The van der Waals surface area contributed by atoms with Crippen molar-refractivity contribution in [3.63, 3.8) is 0 Å². The van der Waals surface area contributed by atoms with E-state index in [4.69, 9.17) is 0 Å². The number of hydrogen-bond donors (Lipinski definition) is 1. The van der Waals surface area contributed by atoms with Gasteiger partial charge in [0.15, 0.2) is 0 Å².